The van der Waals surface area contributed by atoms with Gasteiger partial charge >= 0.3 is 0 Å². The fourth-order valence-corrected chi connectivity index (χ4v) is 1.91. The van der Waals surface area contributed by atoms with Gasteiger partial charge < -0.3 is 15.6 Å². The van der Waals surface area contributed by atoms with Gasteiger partial charge in [0.15, 0.2) is 0 Å². The molecule has 1 aromatic rings. The molecule has 1 saturated carbocycles. The van der Waals surface area contributed by atoms with Gasteiger partial charge in [-0.1, -0.05) is 0 Å². The highest BCUT2D eigenvalue weighted by atomic mass is 16.1. The van der Waals surface area contributed by atoms with Crippen LogP contribution in [0.4, 0.5) is 0 Å². The summed E-state index contributed by atoms with van der Waals surface area (Å²) >= 11 is 0. The summed E-state index contributed by atoms with van der Waals surface area (Å²) < 4.78 is 2.13. The molecule has 3 N–H and O–H groups in total. The van der Waals surface area contributed by atoms with Crippen LogP contribution < -0.4 is 11.1 Å². The third kappa shape index (κ3) is 2.41. The summed E-state index contributed by atoms with van der Waals surface area (Å²) in [4.78, 5) is 15.4. The molecule has 0 saturated heterocycles. The molecule has 1 heterocycles. The Hall–Kier alpha value is -1.36. The van der Waals surface area contributed by atoms with E-state index < -0.39 is 0 Å². The Bertz CT molecular complexity index is 370. The van der Waals surface area contributed by atoms with E-state index in [2.05, 4.69) is 14.9 Å². The number of carbonyl (C=O) groups excluding carboxylic acids is 1. The molecule has 1 atom stereocenters. The van der Waals surface area contributed by atoms with E-state index in [9.17, 15) is 4.79 Å². The summed E-state index contributed by atoms with van der Waals surface area (Å²) in [5.41, 5.74) is 5.27. The van der Waals surface area contributed by atoms with Gasteiger partial charge in [0.25, 0.3) is 0 Å². The Morgan fingerprint density at radius 1 is 1.75 bits per heavy atom. The van der Waals surface area contributed by atoms with Gasteiger partial charge in [-0.3, -0.25) is 4.79 Å². The second-order valence-electron chi connectivity index (χ2n) is 4.29. The molecule has 1 fully saturated rings. The van der Waals surface area contributed by atoms with Crippen molar-refractivity contribution in [3.8, 4) is 0 Å². The second-order valence-corrected chi connectivity index (χ2v) is 4.29. The van der Waals surface area contributed by atoms with Crippen molar-refractivity contribution in [3.63, 3.8) is 0 Å². The van der Waals surface area contributed by atoms with Crippen LogP contribution in [-0.4, -0.2) is 28.5 Å². The highest BCUT2D eigenvalue weighted by molar-refractivity contribution is 5.79. The van der Waals surface area contributed by atoms with Gasteiger partial charge in [0, 0.05) is 24.9 Å². The zero-order chi connectivity index (χ0) is 11.5. The van der Waals surface area contributed by atoms with E-state index in [0.29, 0.717) is 12.3 Å². The van der Waals surface area contributed by atoms with Crippen molar-refractivity contribution in [1.29, 1.82) is 0 Å². The van der Waals surface area contributed by atoms with Gasteiger partial charge in [-0.2, -0.15) is 0 Å². The predicted molar refractivity (Wildman–Crippen MR) is 60.9 cm³/mol. The van der Waals surface area contributed by atoms with Crippen LogP contribution in [0.3, 0.4) is 0 Å². The molecule has 0 aliphatic heterocycles. The Kier molecular flexibility index (Phi) is 3.24. The number of carbonyl (C=O) groups is 1. The summed E-state index contributed by atoms with van der Waals surface area (Å²) in [5, 5.41) is 2.92. The van der Waals surface area contributed by atoms with Crippen molar-refractivity contribution < 1.29 is 4.79 Å². The Balaban J connectivity index is 1.93. The number of amides is 1. The summed E-state index contributed by atoms with van der Waals surface area (Å²) in [7, 11) is 1.76. The van der Waals surface area contributed by atoms with E-state index in [1.54, 1.807) is 7.05 Å². The van der Waals surface area contributed by atoms with Crippen LogP contribution in [-0.2, 0) is 11.3 Å². The zero-order valence-corrected chi connectivity index (χ0v) is 9.52. The predicted octanol–water partition coefficient (Wildman–Crippen LogP) is 0.224. The smallest absolute Gasteiger partial charge is 0.234 e. The average Bonchev–Trinajstić information content (AvgIpc) is 2.99. The van der Waals surface area contributed by atoms with Gasteiger partial charge in [0.1, 0.15) is 5.82 Å². The number of aromatic nitrogens is 2. The molecule has 2 rings (SSSR count). The molecule has 1 aromatic heterocycles. The molecule has 5 heteroatoms. The maximum Gasteiger partial charge on any atom is 0.234 e. The second kappa shape index (κ2) is 4.65. The molecular formula is C11H18N4O. The van der Waals surface area contributed by atoms with Gasteiger partial charge in [-0.05, 0) is 26.3 Å². The van der Waals surface area contributed by atoms with E-state index >= 15 is 0 Å². The number of likely N-dealkylation sites (N-methyl/N-ethyl adjacent to an activating group) is 1. The molecule has 1 amide bonds. The number of nitrogens with zero attached hydrogens (tertiary/aromatic N) is 2. The molecular weight excluding hydrogens is 204 g/mol. The summed E-state index contributed by atoms with van der Waals surface area (Å²) in [6.45, 7) is 0.792. The maximum absolute atomic E-state index is 11.1. The molecule has 0 spiro atoms. The van der Waals surface area contributed by atoms with E-state index in [-0.39, 0.29) is 11.9 Å². The average molecular weight is 222 g/mol. The minimum absolute atomic E-state index is 0.255. The largest absolute Gasteiger partial charge is 0.368 e. The molecule has 0 aromatic carbocycles. The third-order valence-corrected chi connectivity index (χ3v) is 3.04. The van der Waals surface area contributed by atoms with E-state index in [4.69, 9.17) is 5.73 Å². The highest BCUT2D eigenvalue weighted by Crippen LogP contribution is 2.38. The van der Waals surface area contributed by atoms with Crippen LogP contribution in [0.1, 0.15) is 31.0 Å². The number of nitrogens with two attached hydrogens (primary N) is 1. The third-order valence-electron chi connectivity index (χ3n) is 3.04. The fraction of sp³-hybridized carbons (Fsp3) is 0.636. The number of nitrogens with one attached hydrogen (secondary N) is 1. The lowest BCUT2D eigenvalue weighted by Gasteiger charge is -2.13. The minimum Gasteiger partial charge on any atom is -0.368 e. The lowest BCUT2D eigenvalue weighted by Crippen LogP contribution is -2.39. The lowest BCUT2D eigenvalue weighted by molar-refractivity contribution is -0.120. The van der Waals surface area contributed by atoms with Crippen LogP contribution in [0.5, 0.6) is 0 Å². The Labute approximate surface area is 95.0 Å². The maximum atomic E-state index is 11.1. The topological polar surface area (TPSA) is 72.9 Å². The number of aryl methyl sites for hydroxylation is 1. The summed E-state index contributed by atoms with van der Waals surface area (Å²) in [6, 6.07) is -0.255. The van der Waals surface area contributed by atoms with Crippen molar-refractivity contribution >= 4 is 5.91 Å². The van der Waals surface area contributed by atoms with Crippen molar-refractivity contribution in [2.24, 2.45) is 5.73 Å². The van der Waals surface area contributed by atoms with Gasteiger partial charge in [-0.25, -0.2) is 4.98 Å². The fourth-order valence-electron chi connectivity index (χ4n) is 1.91. The number of primary amides is 1. The zero-order valence-electron chi connectivity index (χ0n) is 9.52. The van der Waals surface area contributed by atoms with Crippen LogP contribution in [0.2, 0.25) is 0 Å². The number of hydrogen-bond donors (Lipinski definition) is 2. The van der Waals surface area contributed by atoms with Crippen molar-refractivity contribution in [2.75, 3.05) is 7.05 Å². The molecule has 88 valence electrons. The van der Waals surface area contributed by atoms with Crippen molar-refractivity contribution in [3.05, 3.63) is 18.2 Å². The van der Waals surface area contributed by atoms with Gasteiger partial charge in [0.2, 0.25) is 5.91 Å². The first-order valence-corrected chi connectivity index (χ1v) is 5.70. The van der Waals surface area contributed by atoms with E-state index in [0.717, 1.165) is 12.4 Å². The van der Waals surface area contributed by atoms with Crippen molar-refractivity contribution in [2.45, 2.75) is 37.8 Å². The van der Waals surface area contributed by atoms with Crippen LogP contribution in [0.15, 0.2) is 12.4 Å². The first-order valence-electron chi connectivity index (χ1n) is 5.70. The van der Waals surface area contributed by atoms with Crippen LogP contribution >= 0.6 is 0 Å². The molecule has 1 aliphatic carbocycles. The quantitative estimate of drug-likeness (QED) is 0.723. The highest BCUT2D eigenvalue weighted by Gasteiger charge is 2.27. The minimum atomic E-state index is -0.296. The first kappa shape index (κ1) is 11.1. The summed E-state index contributed by atoms with van der Waals surface area (Å²) in [5.74, 6) is 1.49. The molecule has 1 aliphatic rings. The molecule has 0 bridgehead atoms. The normalized spacial score (nSPS) is 17.3. The van der Waals surface area contributed by atoms with Crippen molar-refractivity contribution in [1.82, 2.24) is 14.9 Å². The van der Waals surface area contributed by atoms with Gasteiger partial charge in [0.05, 0.1) is 6.04 Å². The lowest BCUT2D eigenvalue weighted by atomic mass is 10.2. The molecule has 5 nitrogen and oxygen atoms in total. The summed E-state index contributed by atoms with van der Waals surface area (Å²) in [6.07, 6.45) is 6.99. The monoisotopic (exact) mass is 222 g/mol. The number of rotatable bonds is 6. The molecule has 0 radical (unpaired) electrons. The molecule has 16 heavy (non-hydrogen) atoms. The van der Waals surface area contributed by atoms with Crippen LogP contribution in [0.25, 0.3) is 0 Å². The van der Waals surface area contributed by atoms with Crippen LogP contribution in [0, 0.1) is 0 Å². The molecule has 1 unspecified atom stereocenters. The van der Waals surface area contributed by atoms with Gasteiger partial charge in [-0.15, -0.1) is 0 Å². The van der Waals surface area contributed by atoms with E-state index in [1.807, 2.05) is 12.4 Å². The van der Waals surface area contributed by atoms with E-state index in [1.165, 1.54) is 12.8 Å². The SMILES string of the molecule is CNC(CCn1ccnc1C1CC1)C(N)=O. The Morgan fingerprint density at radius 3 is 3.06 bits per heavy atom. The first-order chi connectivity index (χ1) is 7.72. The Morgan fingerprint density at radius 2 is 2.50 bits per heavy atom. The number of hydrogen-bond acceptors (Lipinski definition) is 3. The standard InChI is InChI=1S/C11H18N4O/c1-13-9(10(12)16)4-6-15-7-5-14-11(15)8-2-3-8/h5,7-9,13H,2-4,6H2,1H3,(H2,12,16). The number of imidazole rings is 1.